The first kappa shape index (κ1) is 10.7. The average Bonchev–Trinajstić information content (AvgIpc) is 2.03. The number of hydrogen-bond donors (Lipinski definition) is 0. The van der Waals surface area contributed by atoms with Crippen molar-refractivity contribution in [1.82, 2.24) is 9.97 Å². The normalized spacial score (nSPS) is 13.4. The second-order valence-corrected chi connectivity index (χ2v) is 3.73. The van der Waals surface area contributed by atoms with Crippen LogP contribution in [-0.2, 0) is 0 Å². The zero-order chi connectivity index (χ0) is 10.0. The Morgan fingerprint density at radius 3 is 2.08 bits per heavy atom. The highest BCUT2D eigenvalue weighted by atomic mass is 35.5. The SMILES string of the molecule is CC(C)C(F)c1c(Cl)ncnc1Cl. The van der Waals surface area contributed by atoms with Gasteiger partial charge in [-0.05, 0) is 5.92 Å². The van der Waals surface area contributed by atoms with Crippen LogP contribution in [0.15, 0.2) is 6.33 Å². The van der Waals surface area contributed by atoms with E-state index in [4.69, 9.17) is 23.2 Å². The molecule has 1 atom stereocenters. The van der Waals surface area contributed by atoms with Crippen LogP contribution in [0.1, 0.15) is 25.6 Å². The summed E-state index contributed by atoms with van der Waals surface area (Å²) in [5, 5.41) is 0.169. The van der Waals surface area contributed by atoms with E-state index in [1.807, 2.05) is 0 Å². The van der Waals surface area contributed by atoms with Crippen molar-refractivity contribution in [2.45, 2.75) is 20.0 Å². The van der Waals surface area contributed by atoms with Gasteiger partial charge in [-0.1, -0.05) is 37.0 Å². The van der Waals surface area contributed by atoms with Crippen LogP contribution in [0.2, 0.25) is 10.3 Å². The second kappa shape index (κ2) is 4.20. The Morgan fingerprint density at radius 2 is 1.69 bits per heavy atom. The van der Waals surface area contributed by atoms with Crippen LogP contribution < -0.4 is 0 Å². The predicted molar refractivity (Wildman–Crippen MR) is 50.7 cm³/mol. The Hall–Kier alpha value is -0.410. The minimum Gasteiger partial charge on any atom is -0.242 e. The summed E-state index contributed by atoms with van der Waals surface area (Å²) < 4.78 is 13.5. The minimum absolute atomic E-state index is 0.0844. The van der Waals surface area contributed by atoms with Crippen LogP contribution in [-0.4, -0.2) is 9.97 Å². The van der Waals surface area contributed by atoms with Gasteiger partial charge in [-0.3, -0.25) is 0 Å². The molecule has 0 fully saturated rings. The van der Waals surface area contributed by atoms with Crippen molar-refractivity contribution in [1.29, 1.82) is 0 Å². The van der Waals surface area contributed by atoms with E-state index < -0.39 is 6.17 Å². The number of rotatable bonds is 2. The molecular weight excluding hydrogens is 214 g/mol. The lowest BCUT2D eigenvalue weighted by molar-refractivity contribution is 0.261. The molecule has 1 rings (SSSR count). The summed E-state index contributed by atoms with van der Waals surface area (Å²) in [5.74, 6) is -0.194. The fourth-order valence-corrected chi connectivity index (χ4v) is 1.44. The van der Waals surface area contributed by atoms with Crippen molar-refractivity contribution < 1.29 is 4.39 Å². The van der Waals surface area contributed by atoms with Gasteiger partial charge >= 0.3 is 0 Å². The molecular formula is C8H9Cl2FN2. The second-order valence-electron chi connectivity index (χ2n) is 3.01. The van der Waals surface area contributed by atoms with E-state index in [2.05, 4.69) is 9.97 Å². The van der Waals surface area contributed by atoms with Crippen LogP contribution in [0.25, 0.3) is 0 Å². The molecule has 0 amide bonds. The highest BCUT2D eigenvalue weighted by molar-refractivity contribution is 6.34. The number of aromatic nitrogens is 2. The summed E-state index contributed by atoms with van der Waals surface area (Å²) in [5.41, 5.74) is 0.181. The molecule has 72 valence electrons. The Morgan fingerprint density at radius 1 is 1.23 bits per heavy atom. The van der Waals surface area contributed by atoms with Gasteiger partial charge in [0.15, 0.2) is 0 Å². The summed E-state index contributed by atoms with van der Waals surface area (Å²) >= 11 is 11.4. The van der Waals surface area contributed by atoms with Gasteiger partial charge in [-0.25, -0.2) is 14.4 Å². The number of halogens is 3. The van der Waals surface area contributed by atoms with E-state index in [1.54, 1.807) is 13.8 Å². The molecule has 0 aliphatic heterocycles. The average molecular weight is 223 g/mol. The van der Waals surface area contributed by atoms with Crippen LogP contribution in [0, 0.1) is 5.92 Å². The number of alkyl halides is 1. The fourth-order valence-electron chi connectivity index (χ4n) is 0.915. The number of hydrogen-bond acceptors (Lipinski definition) is 2. The van der Waals surface area contributed by atoms with Gasteiger partial charge in [0.1, 0.15) is 22.8 Å². The maximum absolute atomic E-state index is 13.5. The van der Waals surface area contributed by atoms with Crippen molar-refractivity contribution in [3.63, 3.8) is 0 Å². The molecule has 1 unspecified atom stereocenters. The lowest BCUT2D eigenvalue weighted by atomic mass is 10.0. The summed E-state index contributed by atoms with van der Waals surface area (Å²) in [6.07, 6.45) is -0.0116. The van der Waals surface area contributed by atoms with Crippen molar-refractivity contribution in [3.05, 3.63) is 22.2 Å². The molecule has 0 radical (unpaired) electrons. The predicted octanol–water partition coefficient (Wildman–Crippen LogP) is 3.45. The molecule has 13 heavy (non-hydrogen) atoms. The van der Waals surface area contributed by atoms with Crippen LogP contribution in [0.4, 0.5) is 4.39 Å². The Kier molecular flexibility index (Phi) is 3.45. The maximum Gasteiger partial charge on any atom is 0.140 e. The lowest BCUT2D eigenvalue weighted by Crippen LogP contribution is -2.04. The molecule has 0 bridgehead atoms. The smallest absolute Gasteiger partial charge is 0.140 e. The lowest BCUT2D eigenvalue weighted by Gasteiger charge is -2.13. The van der Waals surface area contributed by atoms with Gasteiger partial charge in [0.2, 0.25) is 0 Å². The van der Waals surface area contributed by atoms with Gasteiger partial charge in [-0.15, -0.1) is 0 Å². The quantitative estimate of drug-likeness (QED) is 0.717. The zero-order valence-electron chi connectivity index (χ0n) is 7.26. The maximum atomic E-state index is 13.5. The molecule has 0 saturated carbocycles. The molecule has 0 N–H and O–H groups in total. The standard InChI is InChI=1S/C8H9Cl2FN2/c1-4(2)6(11)5-7(9)12-3-13-8(5)10/h3-4,6H,1-2H3. The minimum atomic E-state index is -1.22. The largest absolute Gasteiger partial charge is 0.242 e. The number of nitrogens with zero attached hydrogens (tertiary/aromatic N) is 2. The molecule has 0 aliphatic rings. The van der Waals surface area contributed by atoms with E-state index in [1.165, 1.54) is 6.33 Å². The van der Waals surface area contributed by atoms with Gasteiger partial charge in [-0.2, -0.15) is 0 Å². The van der Waals surface area contributed by atoms with Crippen LogP contribution in [0.3, 0.4) is 0 Å². The van der Waals surface area contributed by atoms with Crippen LogP contribution in [0.5, 0.6) is 0 Å². The van der Waals surface area contributed by atoms with E-state index in [0.717, 1.165) is 0 Å². The third-order valence-electron chi connectivity index (χ3n) is 1.65. The molecule has 1 aromatic rings. The highest BCUT2D eigenvalue weighted by Crippen LogP contribution is 2.33. The molecule has 1 aromatic heterocycles. The van der Waals surface area contributed by atoms with Crippen molar-refractivity contribution in [3.8, 4) is 0 Å². The van der Waals surface area contributed by atoms with Crippen LogP contribution >= 0.6 is 23.2 Å². The molecule has 0 saturated heterocycles. The van der Waals surface area contributed by atoms with Gasteiger partial charge < -0.3 is 0 Å². The van der Waals surface area contributed by atoms with Crippen molar-refractivity contribution in [2.24, 2.45) is 5.92 Å². The first-order valence-corrected chi connectivity index (χ1v) is 4.59. The summed E-state index contributed by atoms with van der Waals surface area (Å²) in [4.78, 5) is 7.35. The van der Waals surface area contributed by atoms with E-state index >= 15 is 0 Å². The van der Waals surface area contributed by atoms with Crippen molar-refractivity contribution in [2.75, 3.05) is 0 Å². The highest BCUT2D eigenvalue weighted by Gasteiger charge is 2.22. The summed E-state index contributed by atoms with van der Waals surface area (Å²) in [6, 6.07) is 0. The fraction of sp³-hybridized carbons (Fsp3) is 0.500. The van der Waals surface area contributed by atoms with Gasteiger partial charge in [0, 0.05) is 0 Å². The van der Waals surface area contributed by atoms with E-state index in [9.17, 15) is 4.39 Å². The van der Waals surface area contributed by atoms with Gasteiger partial charge in [0.05, 0.1) is 5.56 Å². The third kappa shape index (κ3) is 2.29. The Bertz CT molecular complexity index is 284. The molecule has 2 nitrogen and oxygen atoms in total. The zero-order valence-corrected chi connectivity index (χ0v) is 8.77. The third-order valence-corrected chi connectivity index (χ3v) is 2.25. The Balaban J connectivity index is 3.12. The molecule has 0 aliphatic carbocycles. The molecule has 0 spiro atoms. The van der Waals surface area contributed by atoms with Crippen molar-refractivity contribution >= 4 is 23.2 Å². The van der Waals surface area contributed by atoms with Gasteiger partial charge in [0.25, 0.3) is 0 Å². The molecule has 1 heterocycles. The monoisotopic (exact) mass is 222 g/mol. The molecule has 0 aromatic carbocycles. The summed E-state index contributed by atoms with van der Waals surface area (Å²) in [7, 11) is 0. The topological polar surface area (TPSA) is 25.8 Å². The van der Waals surface area contributed by atoms with E-state index in [0.29, 0.717) is 0 Å². The first-order valence-electron chi connectivity index (χ1n) is 3.84. The first-order chi connectivity index (χ1) is 6.04. The summed E-state index contributed by atoms with van der Waals surface area (Å²) in [6.45, 7) is 3.48. The van der Waals surface area contributed by atoms with E-state index in [-0.39, 0.29) is 21.8 Å². The Labute approximate surface area is 86.1 Å². The molecule has 5 heteroatoms.